The number of nitrogens with zero attached hydrogens (tertiary/aromatic N) is 1. The monoisotopic (exact) mass is 439 g/mol. The maximum atomic E-state index is 13.2. The largest absolute Gasteiger partial charge is 0.416 e. The number of carbonyl (C=O) groups is 2. The van der Waals surface area contributed by atoms with Crippen LogP contribution in [0.5, 0.6) is 0 Å². The molecule has 0 saturated heterocycles. The molecule has 2 aromatic carbocycles. The Kier molecular flexibility index (Phi) is 7.94. The Morgan fingerprint density at radius 3 is 2.23 bits per heavy atom. The molecule has 0 aliphatic rings. The molecule has 0 atom stereocenters. The van der Waals surface area contributed by atoms with Crippen molar-refractivity contribution >= 4 is 17.8 Å². The number of aliphatic imine (C=N–C) groups is 1. The number of hydrogen-bond acceptors (Lipinski definition) is 3. The van der Waals surface area contributed by atoms with E-state index in [1.807, 2.05) is 0 Å². The molecule has 31 heavy (non-hydrogen) atoms. The first kappa shape index (κ1) is 23.6. The second-order valence-electron chi connectivity index (χ2n) is 6.42. The van der Waals surface area contributed by atoms with Gasteiger partial charge in [-0.05, 0) is 35.4 Å². The Labute approximate surface area is 175 Å². The summed E-state index contributed by atoms with van der Waals surface area (Å²) in [5.74, 6) is -1.84. The van der Waals surface area contributed by atoms with E-state index in [-0.39, 0.29) is 31.2 Å². The maximum Gasteiger partial charge on any atom is 0.416 e. The fourth-order valence-electron chi connectivity index (χ4n) is 2.60. The van der Waals surface area contributed by atoms with E-state index in [1.54, 1.807) is 24.3 Å². The molecular weight excluding hydrogens is 418 g/mol. The van der Waals surface area contributed by atoms with Gasteiger partial charge in [0.05, 0.1) is 12.1 Å². The zero-order valence-electron chi connectivity index (χ0n) is 16.5. The fourth-order valence-corrected chi connectivity index (χ4v) is 2.60. The summed E-state index contributed by atoms with van der Waals surface area (Å²) in [6.45, 7) is -0.208. The van der Waals surface area contributed by atoms with Gasteiger partial charge in [-0.1, -0.05) is 18.2 Å². The molecule has 2 aromatic rings. The first-order valence-corrected chi connectivity index (χ1v) is 9.05. The lowest BCUT2D eigenvalue weighted by Gasteiger charge is -2.16. The van der Waals surface area contributed by atoms with Gasteiger partial charge in [-0.25, -0.2) is 4.39 Å². The fraction of sp³-hybridized carbons (Fsp3) is 0.250. The van der Waals surface area contributed by atoms with E-state index in [0.717, 1.165) is 17.7 Å². The number of nitrogens with one attached hydrogen (secondary N) is 3. The number of alkyl halides is 3. The highest BCUT2D eigenvalue weighted by Gasteiger charge is 2.33. The number of nitrogens with two attached hydrogens (primary N) is 1. The van der Waals surface area contributed by atoms with Gasteiger partial charge in [0, 0.05) is 25.7 Å². The van der Waals surface area contributed by atoms with Crippen molar-refractivity contribution in [3.8, 4) is 0 Å². The van der Waals surface area contributed by atoms with Crippen LogP contribution in [0.1, 0.15) is 27.0 Å². The van der Waals surface area contributed by atoms with Crippen molar-refractivity contribution in [2.45, 2.75) is 19.3 Å². The third kappa shape index (κ3) is 7.28. The van der Waals surface area contributed by atoms with Crippen LogP contribution in [0.3, 0.4) is 0 Å². The van der Waals surface area contributed by atoms with E-state index >= 15 is 0 Å². The summed E-state index contributed by atoms with van der Waals surface area (Å²) in [5.41, 5.74) is 4.90. The predicted molar refractivity (Wildman–Crippen MR) is 106 cm³/mol. The molecule has 7 nitrogen and oxygen atoms in total. The number of halogens is 4. The number of amides is 2. The molecule has 0 aromatic heterocycles. The standard InChI is InChI=1S/C20H21F4N5O2/c1-26-19(29-10-14-6-7-15(21)8-16(14)20(22,23)24)28-9-12-2-4-13(5-3-12)18(31)27-11-17(25)30/h2-8H,9-11H2,1H3,(H2,25,30)(H,27,31)(H2,26,28,29). The molecule has 0 radical (unpaired) electrons. The van der Waals surface area contributed by atoms with E-state index in [2.05, 4.69) is 20.9 Å². The van der Waals surface area contributed by atoms with Crippen molar-refractivity contribution in [3.05, 3.63) is 70.5 Å². The van der Waals surface area contributed by atoms with Crippen LogP contribution in [-0.4, -0.2) is 31.4 Å². The van der Waals surface area contributed by atoms with Gasteiger partial charge in [-0.2, -0.15) is 13.2 Å². The highest BCUT2D eigenvalue weighted by atomic mass is 19.4. The number of rotatable bonds is 7. The van der Waals surface area contributed by atoms with Crippen molar-refractivity contribution in [1.29, 1.82) is 0 Å². The Balaban J connectivity index is 1.94. The lowest BCUT2D eigenvalue weighted by Crippen LogP contribution is -2.36. The minimum Gasteiger partial charge on any atom is -0.368 e. The van der Waals surface area contributed by atoms with Gasteiger partial charge >= 0.3 is 6.18 Å². The molecule has 0 aliphatic heterocycles. The molecule has 0 spiro atoms. The normalized spacial score (nSPS) is 11.7. The van der Waals surface area contributed by atoms with E-state index in [0.29, 0.717) is 11.6 Å². The summed E-state index contributed by atoms with van der Waals surface area (Å²) >= 11 is 0. The summed E-state index contributed by atoms with van der Waals surface area (Å²) in [6, 6.07) is 8.93. The van der Waals surface area contributed by atoms with Crippen molar-refractivity contribution in [1.82, 2.24) is 16.0 Å². The quantitative estimate of drug-likeness (QED) is 0.300. The van der Waals surface area contributed by atoms with Crippen LogP contribution in [0.15, 0.2) is 47.5 Å². The number of benzene rings is 2. The van der Waals surface area contributed by atoms with Crippen LogP contribution >= 0.6 is 0 Å². The zero-order valence-corrected chi connectivity index (χ0v) is 16.5. The number of hydrogen-bond donors (Lipinski definition) is 4. The highest BCUT2D eigenvalue weighted by molar-refractivity contribution is 5.96. The van der Waals surface area contributed by atoms with E-state index < -0.39 is 29.4 Å². The summed E-state index contributed by atoms with van der Waals surface area (Å²) in [7, 11) is 1.46. The molecule has 11 heteroatoms. The molecular formula is C20H21F4N5O2. The van der Waals surface area contributed by atoms with Crippen LogP contribution in [-0.2, 0) is 24.1 Å². The van der Waals surface area contributed by atoms with Gasteiger partial charge in [0.25, 0.3) is 5.91 Å². The van der Waals surface area contributed by atoms with Gasteiger partial charge in [0.1, 0.15) is 5.82 Å². The number of guanidine groups is 1. The molecule has 0 bridgehead atoms. The average molecular weight is 439 g/mol. The molecule has 0 heterocycles. The van der Waals surface area contributed by atoms with E-state index in [9.17, 15) is 27.2 Å². The van der Waals surface area contributed by atoms with Gasteiger partial charge in [-0.3, -0.25) is 14.6 Å². The maximum absolute atomic E-state index is 13.2. The molecule has 0 fully saturated rings. The van der Waals surface area contributed by atoms with Crippen LogP contribution in [0.2, 0.25) is 0 Å². The first-order chi connectivity index (χ1) is 14.6. The van der Waals surface area contributed by atoms with Crippen LogP contribution in [0.4, 0.5) is 17.6 Å². The highest BCUT2D eigenvalue weighted by Crippen LogP contribution is 2.32. The minimum atomic E-state index is -4.68. The third-order valence-electron chi connectivity index (χ3n) is 4.15. The second kappa shape index (κ2) is 10.4. The smallest absolute Gasteiger partial charge is 0.368 e. The topological polar surface area (TPSA) is 109 Å². The Bertz CT molecular complexity index is 959. The van der Waals surface area contributed by atoms with Crippen LogP contribution in [0.25, 0.3) is 0 Å². The first-order valence-electron chi connectivity index (χ1n) is 9.05. The number of primary amides is 1. The molecule has 0 saturated carbocycles. The molecule has 2 amide bonds. The van der Waals surface area contributed by atoms with Gasteiger partial charge in [-0.15, -0.1) is 0 Å². The van der Waals surface area contributed by atoms with Crippen molar-refractivity contribution in [2.75, 3.05) is 13.6 Å². The van der Waals surface area contributed by atoms with Crippen molar-refractivity contribution < 1.29 is 27.2 Å². The third-order valence-corrected chi connectivity index (χ3v) is 4.15. The lowest BCUT2D eigenvalue weighted by molar-refractivity contribution is -0.138. The lowest BCUT2D eigenvalue weighted by atomic mass is 10.1. The Morgan fingerprint density at radius 1 is 1.00 bits per heavy atom. The molecule has 5 N–H and O–H groups in total. The van der Waals surface area contributed by atoms with Crippen LogP contribution in [0, 0.1) is 5.82 Å². The summed E-state index contributed by atoms with van der Waals surface area (Å²) in [6.07, 6.45) is -4.68. The Morgan fingerprint density at radius 2 is 1.65 bits per heavy atom. The van der Waals surface area contributed by atoms with Gasteiger partial charge in [0.2, 0.25) is 5.91 Å². The summed E-state index contributed by atoms with van der Waals surface area (Å²) in [4.78, 5) is 26.5. The van der Waals surface area contributed by atoms with Crippen molar-refractivity contribution in [3.63, 3.8) is 0 Å². The Hall–Kier alpha value is -3.63. The minimum absolute atomic E-state index is 0.122. The molecule has 0 unspecified atom stereocenters. The number of carbonyl (C=O) groups excluding carboxylic acids is 2. The van der Waals surface area contributed by atoms with Gasteiger partial charge < -0.3 is 21.7 Å². The average Bonchev–Trinajstić information content (AvgIpc) is 2.72. The van der Waals surface area contributed by atoms with E-state index in [4.69, 9.17) is 5.73 Å². The summed E-state index contributed by atoms with van der Waals surface area (Å²) < 4.78 is 52.5. The molecule has 166 valence electrons. The molecule has 2 rings (SSSR count). The van der Waals surface area contributed by atoms with E-state index in [1.165, 1.54) is 7.05 Å². The zero-order chi connectivity index (χ0) is 23.0. The van der Waals surface area contributed by atoms with Crippen molar-refractivity contribution in [2.24, 2.45) is 10.7 Å². The summed E-state index contributed by atoms with van der Waals surface area (Å²) in [5, 5.41) is 8.06. The second-order valence-corrected chi connectivity index (χ2v) is 6.42. The van der Waals surface area contributed by atoms with Crippen LogP contribution < -0.4 is 21.7 Å². The SMILES string of the molecule is CN=C(NCc1ccc(C(=O)NCC(N)=O)cc1)NCc1ccc(F)cc1C(F)(F)F. The van der Waals surface area contributed by atoms with Gasteiger partial charge in [0.15, 0.2) is 5.96 Å². The molecule has 0 aliphatic carbocycles. The predicted octanol–water partition coefficient (Wildman–Crippen LogP) is 1.92.